The molecule has 0 atom stereocenters. The number of rotatable bonds is 9. The Morgan fingerprint density at radius 2 is 1.89 bits per heavy atom. The lowest BCUT2D eigenvalue weighted by Gasteiger charge is -2.17. The second-order valence-corrected chi connectivity index (χ2v) is 5.61. The van der Waals surface area contributed by atoms with Gasteiger partial charge in [0.2, 0.25) is 5.75 Å². The number of H-pyrrole nitrogens is 1. The minimum atomic E-state index is -0.448. The van der Waals surface area contributed by atoms with Gasteiger partial charge in [-0.05, 0) is 25.6 Å². The molecule has 0 radical (unpaired) electrons. The SMILES string of the molecule is C=Cc1c(C(=O)OCC)[nH]c(CCN)c1-c1ccc(OC)c(OC)c1OC. The topological polar surface area (TPSA) is 95.8 Å². The molecule has 0 fully saturated rings. The third-order valence-corrected chi connectivity index (χ3v) is 4.17. The maximum Gasteiger partial charge on any atom is 0.355 e. The minimum absolute atomic E-state index is 0.273. The minimum Gasteiger partial charge on any atom is -0.493 e. The van der Waals surface area contributed by atoms with E-state index >= 15 is 0 Å². The zero-order valence-corrected chi connectivity index (χ0v) is 16.2. The van der Waals surface area contributed by atoms with Crippen molar-refractivity contribution in [1.29, 1.82) is 0 Å². The number of nitrogens with two attached hydrogens (primary N) is 1. The van der Waals surface area contributed by atoms with E-state index < -0.39 is 5.97 Å². The summed E-state index contributed by atoms with van der Waals surface area (Å²) in [6, 6.07) is 3.64. The average Bonchev–Trinajstić information content (AvgIpc) is 3.05. The van der Waals surface area contributed by atoms with Crippen LogP contribution in [0.2, 0.25) is 0 Å². The lowest BCUT2D eigenvalue weighted by Crippen LogP contribution is -2.07. The van der Waals surface area contributed by atoms with Gasteiger partial charge in [0.1, 0.15) is 5.69 Å². The van der Waals surface area contributed by atoms with E-state index in [0.29, 0.717) is 41.5 Å². The number of benzene rings is 1. The van der Waals surface area contributed by atoms with Gasteiger partial charge in [-0.25, -0.2) is 4.79 Å². The predicted octanol–water partition coefficient (Wildman–Crippen LogP) is 3.03. The van der Waals surface area contributed by atoms with E-state index in [1.165, 1.54) is 0 Å². The summed E-state index contributed by atoms with van der Waals surface area (Å²) in [5.74, 6) is 1.05. The molecule has 2 aromatic rings. The van der Waals surface area contributed by atoms with E-state index in [1.807, 2.05) is 6.07 Å². The van der Waals surface area contributed by atoms with Crippen LogP contribution in [-0.2, 0) is 11.2 Å². The van der Waals surface area contributed by atoms with Crippen LogP contribution in [-0.4, -0.2) is 45.4 Å². The lowest BCUT2D eigenvalue weighted by molar-refractivity contribution is 0.0520. The van der Waals surface area contributed by atoms with Crippen molar-refractivity contribution >= 4 is 12.0 Å². The quantitative estimate of drug-likeness (QED) is 0.655. The van der Waals surface area contributed by atoms with E-state index in [4.69, 9.17) is 24.7 Å². The van der Waals surface area contributed by atoms with Crippen LogP contribution in [0.4, 0.5) is 0 Å². The standard InChI is InChI=1S/C20H26N2O5/c1-6-12-16(14(10-11-21)22-17(12)20(23)27-7-2)13-8-9-15(24-3)19(26-5)18(13)25-4/h6,8-9,22H,1,7,10-11,21H2,2-5H3. The van der Waals surface area contributed by atoms with Crippen LogP contribution in [0, 0.1) is 0 Å². The molecule has 146 valence electrons. The highest BCUT2D eigenvalue weighted by Gasteiger charge is 2.26. The largest absolute Gasteiger partial charge is 0.493 e. The fraction of sp³-hybridized carbons (Fsp3) is 0.350. The number of nitrogens with one attached hydrogen (secondary N) is 1. The monoisotopic (exact) mass is 374 g/mol. The number of aromatic amines is 1. The van der Waals surface area contributed by atoms with Gasteiger partial charge in [0, 0.05) is 28.8 Å². The van der Waals surface area contributed by atoms with Crippen LogP contribution in [0.25, 0.3) is 17.2 Å². The Hall–Kier alpha value is -2.93. The first-order chi connectivity index (χ1) is 13.1. The number of hydrogen-bond donors (Lipinski definition) is 2. The van der Waals surface area contributed by atoms with E-state index in [0.717, 1.165) is 16.8 Å². The molecule has 0 spiro atoms. The van der Waals surface area contributed by atoms with Gasteiger partial charge in [0.25, 0.3) is 0 Å². The van der Waals surface area contributed by atoms with Crippen molar-refractivity contribution in [1.82, 2.24) is 4.98 Å². The second kappa shape index (κ2) is 9.14. The highest BCUT2D eigenvalue weighted by molar-refractivity contribution is 5.98. The van der Waals surface area contributed by atoms with Crippen molar-refractivity contribution < 1.29 is 23.7 Å². The Balaban J connectivity index is 2.81. The number of hydrogen-bond acceptors (Lipinski definition) is 6. The first-order valence-corrected chi connectivity index (χ1v) is 8.61. The van der Waals surface area contributed by atoms with Gasteiger partial charge < -0.3 is 29.7 Å². The Morgan fingerprint density at radius 3 is 2.41 bits per heavy atom. The van der Waals surface area contributed by atoms with E-state index in [9.17, 15) is 4.79 Å². The lowest BCUT2D eigenvalue weighted by atomic mass is 9.97. The Bertz CT molecular complexity index is 826. The Kier molecular flexibility index (Phi) is 6.90. The van der Waals surface area contributed by atoms with Gasteiger partial charge in [0.05, 0.1) is 27.9 Å². The van der Waals surface area contributed by atoms with Crippen molar-refractivity contribution in [3.63, 3.8) is 0 Å². The summed E-state index contributed by atoms with van der Waals surface area (Å²) >= 11 is 0. The Labute approximate surface area is 159 Å². The number of carbonyl (C=O) groups excluding carboxylic acids is 1. The molecule has 1 aromatic heterocycles. The summed E-state index contributed by atoms with van der Waals surface area (Å²) in [6.45, 7) is 6.31. The van der Waals surface area contributed by atoms with Crippen LogP contribution >= 0.6 is 0 Å². The average molecular weight is 374 g/mol. The number of ether oxygens (including phenoxy) is 4. The summed E-state index contributed by atoms with van der Waals surface area (Å²) in [7, 11) is 4.65. The molecule has 2 rings (SSSR count). The zero-order chi connectivity index (χ0) is 20.0. The maximum atomic E-state index is 12.4. The fourth-order valence-corrected chi connectivity index (χ4v) is 3.07. The first kappa shape index (κ1) is 20.4. The predicted molar refractivity (Wildman–Crippen MR) is 105 cm³/mol. The van der Waals surface area contributed by atoms with Crippen molar-refractivity contribution in [2.45, 2.75) is 13.3 Å². The number of esters is 1. The van der Waals surface area contributed by atoms with E-state index in [-0.39, 0.29) is 6.61 Å². The zero-order valence-electron chi connectivity index (χ0n) is 16.2. The van der Waals surface area contributed by atoms with Gasteiger partial charge in [-0.15, -0.1) is 0 Å². The molecule has 1 heterocycles. The summed E-state index contributed by atoms with van der Waals surface area (Å²) in [5, 5.41) is 0. The molecule has 0 aliphatic rings. The highest BCUT2D eigenvalue weighted by atomic mass is 16.5. The molecule has 7 heteroatoms. The molecule has 1 aromatic carbocycles. The van der Waals surface area contributed by atoms with E-state index in [1.54, 1.807) is 40.4 Å². The molecule has 7 nitrogen and oxygen atoms in total. The normalized spacial score (nSPS) is 10.4. The van der Waals surface area contributed by atoms with Crippen LogP contribution < -0.4 is 19.9 Å². The maximum absolute atomic E-state index is 12.4. The van der Waals surface area contributed by atoms with Gasteiger partial charge in [-0.2, -0.15) is 0 Å². The van der Waals surface area contributed by atoms with Crippen LogP contribution in [0.5, 0.6) is 17.2 Å². The molecule has 3 N–H and O–H groups in total. The number of methoxy groups -OCH3 is 3. The highest BCUT2D eigenvalue weighted by Crippen LogP contribution is 2.46. The molecular formula is C20H26N2O5. The molecule has 0 amide bonds. The van der Waals surface area contributed by atoms with E-state index in [2.05, 4.69) is 11.6 Å². The summed E-state index contributed by atoms with van der Waals surface area (Å²) in [5.41, 5.74) is 9.04. The van der Waals surface area contributed by atoms with Gasteiger partial charge in [0.15, 0.2) is 11.5 Å². The van der Waals surface area contributed by atoms with Crippen molar-refractivity contribution in [2.75, 3.05) is 34.5 Å². The molecule has 0 aliphatic carbocycles. The molecule has 0 bridgehead atoms. The van der Waals surface area contributed by atoms with Crippen LogP contribution in [0.1, 0.15) is 28.7 Å². The molecular weight excluding hydrogens is 348 g/mol. The number of carbonyl (C=O) groups is 1. The third kappa shape index (κ3) is 3.78. The summed E-state index contributed by atoms with van der Waals surface area (Å²) in [6.07, 6.45) is 2.15. The molecule has 0 aliphatic heterocycles. The van der Waals surface area contributed by atoms with Gasteiger partial charge in [-0.1, -0.05) is 12.7 Å². The van der Waals surface area contributed by atoms with Gasteiger partial charge >= 0.3 is 5.97 Å². The van der Waals surface area contributed by atoms with Crippen LogP contribution in [0.15, 0.2) is 18.7 Å². The smallest absolute Gasteiger partial charge is 0.355 e. The van der Waals surface area contributed by atoms with Gasteiger partial charge in [-0.3, -0.25) is 0 Å². The molecule has 0 unspecified atom stereocenters. The molecule has 27 heavy (non-hydrogen) atoms. The third-order valence-electron chi connectivity index (χ3n) is 4.17. The van der Waals surface area contributed by atoms with Crippen molar-refractivity contribution in [3.05, 3.63) is 35.7 Å². The first-order valence-electron chi connectivity index (χ1n) is 8.61. The number of aromatic nitrogens is 1. The van der Waals surface area contributed by atoms with Crippen molar-refractivity contribution in [3.8, 4) is 28.4 Å². The van der Waals surface area contributed by atoms with Crippen molar-refractivity contribution in [2.24, 2.45) is 5.73 Å². The summed E-state index contributed by atoms with van der Waals surface area (Å²) in [4.78, 5) is 15.5. The van der Waals surface area contributed by atoms with Crippen LogP contribution in [0.3, 0.4) is 0 Å². The summed E-state index contributed by atoms with van der Waals surface area (Å²) < 4.78 is 21.6. The fourth-order valence-electron chi connectivity index (χ4n) is 3.07. The second-order valence-electron chi connectivity index (χ2n) is 5.61. The molecule has 0 saturated carbocycles. The Morgan fingerprint density at radius 1 is 1.19 bits per heavy atom. The molecule has 0 saturated heterocycles.